The first-order chi connectivity index (χ1) is 13.5. The molecule has 3 heterocycles. The Hall–Kier alpha value is -2.62. The van der Waals surface area contributed by atoms with Gasteiger partial charge in [0.1, 0.15) is 5.65 Å². The second kappa shape index (κ2) is 6.20. The van der Waals surface area contributed by atoms with Crippen LogP contribution in [0.4, 0.5) is 16.2 Å². The van der Waals surface area contributed by atoms with Crippen molar-refractivity contribution in [2.45, 2.75) is 25.3 Å². The summed E-state index contributed by atoms with van der Waals surface area (Å²) in [5, 5.41) is 10.2. The molecule has 1 fully saturated rings. The van der Waals surface area contributed by atoms with Crippen molar-refractivity contribution >= 4 is 57.0 Å². The van der Waals surface area contributed by atoms with E-state index in [9.17, 15) is 9.59 Å². The van der Waals surface area contributed by atoms with Gasteiger partial charge in [0.05, 0.1) is 24.0 Å². The molecule has 0 bridgehead atoms. The summed E-state index contributed by atoms with van der Waals surface area (Å²) >= 11 is 2.38. The maximum absolute atomic E-state index is 12.9. The van der Waals surface area contributed by atoms with E-state index in [0.717, 1.165) is 22.3 Å². The van der Waals surface area contributed by atoms with Gasteiger partial charge in [0.15, 0.2) is 0 Å². The van der Waals surface area contributed by atoms with Crippen molar-refractivity contribution in [1.29, 1.82) is 0 Å². The molecule has 7 nitrogen and oxygen atoms in total. The number of fused-ring (bicyclic) bond motifs is 3. The molecule has 0 atom stereocenters. The Morgan fingerprint density at radius 2 is 2.00 bits per heavy atom. The number of halogens is 1. The van der Waals surface area contributed by atoms with Gasteiger partial charge in [0.25, 0.3) is 0 Å². The average Bonchev–Trinajstić information content (AvgIpc) is 3.48. The number of benzene rings is 1. The van der Waals surface area contributed by atoms with Crippen LogP contribution < -0.4 is 9.80 Å². The molecule has 0 unspecified atom stereocenters. The zero-order valence-corrected chi connectivity index (χ0v) is 17.2. The minimum atomic E-state index is -0.985. The second-order valence-electron chi connectivity index (χ2n) is 7.25. The Morgan fingerprint density at radius 1 is 1.29 bits per heavy atom. The molecule has 0 spiro atoms. The molecule has 1 aliphatic carbocycles. The largest absolute Gasteiger partial charge is 0.478 e. The first-order valence-electron chi connectivity index (χ1n) is 9.03. The molecule has 1 saturated carbocycles. The third-order valence-electron chi connectivity index (χ3n) is 5.48. The number of carbonyl (C=O) groups excluding carboxylic acids is 1. The number of aromatic carboxylic acids is 1. The van der Waals surface area contributed by atoms with Gasteiger partial charge in [-0.25, -0.2) is 14.6 Å². The first kappa shape index (κ1) is 17.5. The maximum atomic E-state index is 12.9. The highest BCUT2D eigenvalue weighted by atomic mass is 127. The molecule has 8 heteroatoms. The number of hydrogen-bond donors (Lipinski definition) is 2. The van der Waals surface area contributed by atoms with Gasteiger partial charge in [-0.15, -0.1) is 0 Å². The molecule has 28 heavy (non-hydrogen) atoms. The van der Waals surface area contributed by atoms with Crippen molar-refractivity contribution in [3.8, 4) is 0 Å². The van der Waals surface area contributed by atoms with Crippen LogP contribution in [0.1, 0.15) is 40.4 Å². The molecule has 0 radical (unpaired) electrons. The number of amides is 2. The number of rotatable bonds is 3. The van der Waals surface area contributed by atoms with Crippen molar-refractivity contribution in [1.82, 2.24) is 9.97 Å². The molecule has 2 aromatic heterocycles. The molecule has 2 N–H and O–H groups in total. The highest BCUT2D eigenvalue weighted by molar-refractivity contribution is 14.1. The third kappa shape index (κ3) is 2.58. The highest BCUT2D eigenvalue weighted by Crippen LogP contribution is 2.45. The molecule has 1 aromatic carbocycles. The number of hydrogen-bond acceptors (Lipinski definition) is 3. The van der Waals surface area contributed by atoms with Crippen LogP contribution in [-0.4, -0.2) is 34.1 Å². The summed E-state index contributed by atoms with van der Waals surface area (Å²) in [6.07, 6.45) is 4.15. The van der Waals surface area contributed by atoms with E-state index in [-0.39, 0.29) is 11.6 Å². The molecule has 142 valence electrons. The lowest BCUT2D eigenvalue weighted by Gasteiger charge is -2.35. The van der Waals surface area contributed by atoms with E-state index in [1.165, 1.54) is 34.2 Å². The summed E-state index contributed by atoms with van der Waals surface area (Å²) in [6.45, 7) is 0.419. The number of carbonyl (C=O) groups is 2. The lowest BCUT2D eigenvalue weighted by atomic mass is 10.1. The fourth-order valence-corrected chi connectivity index (χ4v) is 4.94. The van der Waals surface area contributed by atoms with Crippen LogP contribution in [0.15, 0.2) is 30.5 Å². The number of H-pyrrole nitrogens is 1. The van der Waals surface area contributed by atoms with E-state index in [4.69, 9.17) is 5.11 Å². The number of nitrogens with zero attached hydrogens (tertiary/aromatic N) is 3. The fraction of sp³-hybridized carbons (Fsp3) is 0.250. The molecule has 0 saturated heterocycles. The number of anilines is 2. The van der Waals surface area contributed by atoms with Gasteiger partial charge in [0.2, 0.25) is 0 Å². The van der Waals surface area contributed by atoms with Crippen LogP contribution in [-0.2, 0) is 6.54 Å². The summed E-state index contributed by atoms with van der Waals surface area (Å²) in [7, 11) is 1.74. The number of nitrogens with one attached hydrogen (secondary N) is 1. The number of carboxylic acid groups (broad SMARTS) is 1. The lowest BCUT2D eigenvalue weighted by Crippen LogP contribution is -2.45. The van der Waals surface area contributed by atoms with Gasteiger partial charge in [-0.1, -0.05) is 0 Å². The number of carboxylic acids is 1. The second-order valence-corrected chi connectivity index (χ2v) is 8.33. The van der Waals surface area contributed by atoms with Gasteiger partial charge in [0, 0.05) is 38.9 Å². The molecule has 2 amide bonds. The summed E-state index contributed by atoms with van der Waals surface area (Å²) in [6, 6.07) is 6.23. The van der Waals surface area contributed by atoms with Gasteiger partial charge < -0.3 is 10.1 Å². The van der Waals surface area contributed by atoms with Crippen molar-refractivity contribution in [2.24, 2.45) is 0 Å². The van der Waals surface area contributed by atoms with Gasteiger partial charge >= 0.3 is 12.0 Å². The van der Waals surface area contributed by atoms with Crippen molar-refractivity contribution in [3.63, 3.8) is 0 Å². The predicted molar refractivity (Wildman–Crippen MR) is 114 cm³/mol. The zero-order chi connectivity index (χ0) is 19.6. The van der Waals surface area contributed by atoms with E-state index in [1.807, 2.05) is 0 Å². The summed E-state index contributed by atoms with van der Waals surface area (Å²) in [5.41, 5.74) is 4.84. The maximum Gasteiger partial charge on any atom is 0.335 e. The Bertz CT molecular complexity index is 1130. The van der Waals surface area contributed by atoms with Crippen LogP contribution >= 0.6 is 22.6 Å². The summed E-state index contributed by atoms with van der Waals surface area (Å²) in [5.74, 6) is -0.402. The summed E-state index contributed by atoms with van der Waals surface area (Å²) < 4.78 is 1.18. The first-order valence-corrected chi connectivity index (χ1v) is 10.1. The summed E-state index contributed by atoms with van der Waals surface area (Å²) in [4.78, 5) is 35.4. The minimum Gasteiger partial charge on any atom is -0.478 e. The van der Waals surface area contributed by atoms with E-state index >= 15 is 0 Å². The number of aromatic nitrogens is 2. The van der Waals surface area contributed by atoms with E-state index in [1.54, 1.807) is 35.2 Å². The van der Waals surface area contributed by atoms with Gasteiger partial charge in [-0.2, -0.15) is 0 Å². The number of aromatic amines is 1. The fourth-order valence-electron chi connectivity index (χ4n) is 3.79. The van der Waals surface area contributed by atoms with Gasteiger partial charge in [-0.05, 0) is 59.7 Å². The van der Waals surface area contributed by atoms with Crippen molar-refractivity contribution in [3.05, 3.63) is 50.9 Å². The number of pyridine rings is 1. The Labute approximate surface area is 174 Å². The molecular formula is C20H17IN4O3. The quantitative estimate of drug-likeness (QED) is 0.538. The Morgan fingerprint density at radius 3 is 2.64 bits per heavy atom. The monoisotopic (exact) mass is 488 g/mol. The minimum absolute atomic E-state index is 0.162. The van der Waals surface area contributed by atoms with Crippen LogP contribution in [0.2, 0.25) is 0 Å². The highest BCUT2D eigenvalue weighted by Gasteiger charge is 2.34. The predicted octanol–water partition coefficient (Wildman–Crippen LogP) is 4.32. The normalized spacial score (nSPS) is 16.6. The van der Waals surface area contributed by atoms with Crippen LogP contribution in [0.25, 0.3) is 11.0 Å². The van der Waals surface area contributed by atoms with E-state index in [2.05, 4.69) is 32.6 Å². The molecule has 5 rings (SSSR count). The molecular weight excluding hydrogens is 471 g/mol. The van der Waals surface area contributed by atoms with Crippen LogP contribution in [0.3, 0.4) is 0 Å². The van der Waals surface area contributed by atoms with Crippen molar-refractivity contribution in [2.75, 3.05) is 16.8 Å². The van der Waals surface area contributed by atoms with Crippen LogP contribution in [0.5, 0.6) is 0 Å². The Balaban J connectivity index is 1.62. The molecule has 2 aliphatic rings. The Kier molecular flexibility index (Phi) is 3.87. The standard InChI is InChI=1S/C20H17IN4O3/c1-24-14-8-22-18-15(16(21)17(23-18)10-2-3-10)13(14)9-25(20(24)28)12-6-4-11(5-7-12)19(26)27/h4-8,10H,2-3,9H2,1H3,(H,22,23)(H,26,27). The van der Waals surface area contributed by atoms with Gasteiger partial charge in [-0.3, -0.25) is 9.80 Å². The van der Waals surface area contributed by atoms with E-state index in [0.29, 0.717) is 18.2 Å². The lowest BCUT2D eigenvalue weighted by molar-refractivity contribution is 0.0697. The SMILES string of the molecule is CN1C(=O)N(c2ccc(C(=O)O)cc2)Cc2c1cnc1[nH]c(C3CC3)c(I)c21. The van der Waals surface area contributed by atoms with Crippen molar-refractivity contribution < 1.29 is 14.7 Å². The number of urea groups is 1. The smallest absolute Gasteiger partial charge is 0.335 e. The zero-order valence-electron chi connectivity index (χ0n) is 15.1. The van der Waals surface area contributed by atoms with E-state index < -0.39 is 5.97 Å². The molecule has 1 aliphatic heterocycles. The molecule has 3 aromatic rings. The average molecular weight is 488 g/mol. The van der Waals surface area contributed by atoms with Crippen LogP contribution in [0, 0.1) is 3.57 Å². The topological polar surface area (TPSA) is 89.5 Å². The third-order valence-corrected chi connectivity index (χ3v) is 6.60.